The molecular weight excluding hydrogens is 471 g/mol. The van der Waals surface area contributed by atoms with E-state index in [0.29, 0.717) is 17.2 Å². The van der Waals surface area contributed by atoms with Crippen LogP contribution in [0.4, 0.5) is 10.1 Å². The summed E-state index contributed by atoms with van der Waals surface area (Å²) in [5, 5.41) is 2.53. The Bertz CT molecular complexity index is 1110. The van der Waals surface area contributed by atoms with Crippen LogP contribution in [0, 0.1) is 11.7 Å². The molecule has 0 radical (unpaired) electrons. The number of nitrogens with one attached hydrogen (secondary N) is 2. The molecule has 34 heavy (non-hydrogen) atoms. The smallest absolute Gasteiger partial charge is 0.324 e. The third kappa shape index (κ3) is 6.58. The summed E-state index contributed by atoms with van der Waals surface area (Å²) in [5.74, 6) is -2.26. The number of benzene rings is 2. The highest BCUT2D eigenvalue weighted by Gasteiger charge is 2.31. The monoisotopic (exact) mass is 498 g/mol. The van der Waals surface area contributed by atoms with E-state index in [9.17, 15) is 22.4 Å². The molecule has 0 aliphatic rings. The highest BCUT2D eigenvalue weighted by atomic mass is 32.2. The third-order valence-corrected chi connectivity index (χ3v) is 6.10. The zero-order valence-electron chi connectivity index (χ0n) is 19.4. The molecule has 0 spiro atoms. The van der Waals surface area contributed by atoms with Crippen LogP contribution in [0.3, 0.4) is 0 Å². The van der Waals surface area contributed by atoms with Gasteiger partial charge in [0.05, 0.1) is 21.3 Å². The van der Waals surface area contributed by atoms with E-state index in [1.807, 2.05) is 0 Å². The van der Waals surface area contributed by atoms with Gasteiger partial charge in [0.15, 0.2) is 18.1 Å². The van der Waals surface area contributed by atoms with Crippen LogP contribution < -0.4 is 24.2 Å². The van der Waals surface area contributed by atoms with E-state index >= 15 is 0 Å². The molecule has 2 rings (SSSR count). The molecule has 2 aromatic carbocycles. The highest BCUT2D eigenvalue weighted by molar-refractivity contribution is 7.89. The molecule has 12 heteroatoms. The Balaban J connectivity index is 2.08. The number of amides is 1. The Kier molecular flexibility index (Phi) is 9.21. The molecule has 0 aliphatic carbocycles. The molecule has 0 aromatic heterocycles. The number of methoxy groups -OCH3 is 3. The molecular formula is C22H27FN2O8S. The van der Waals surface area contributed by atoms with Crippen LogP contribution in [0.5, 0.6) is 17.2 Å². The lowest BCUT2D eigenvalue weighted by Crippen LogP contribution is -2.46. The Morgan fingerprint density at radius 2 is 1.59 bits per heavy atom. The number of hydrogen-bond acceptors (Lipinski definition) is 8. The number of hydrogen-bond donors (Lipinski definition) is 2. The minimum atomic E-state index is -4.36. The van der Waals surface area contributed by atoms with Gasteiger partial charge in [-0.3, -0.25) is 9.59 Å². The normalized spacial score (nSPS) is 12.1. The topological polar surface area (TPSA) is 129 Å². The van der Waals surface area contributed by atoms with Crippen molar-refractivity contribution in [3.63, 3.8) is 0 Å². The molecule has 1 amide bonds. The van der Waals surface area contributed by atoms with Gasteiger partial charge in [-0.05, 0) is 18.1 Å². The first-order valence-electron chi connectivity index (χ1n) is 10.1. The fourth-order valence-electron chi connectivity index (χ4n) is 2.93. The van der Waals surface area contributed by atoms with Crippen LogP contribution in [0.25, 0.3) is 0 Å². The minimum absolute atomic E-state index is 0.288. The number of anilines is 1. The van der Waals surface area contributed by atoms with Crippen molar-refractivity contribution in [2.75, 3.05) is 33.3 Å². The SMILES string of the molecule is COc1cc(NC(=O)COC(=O)[C@@H](NS(=O)(=O)c2ccccc2F)C(C)C)cc(OC)c1OC. The second kappa shape index (κ2) is 11.7. The van der Waals surface area contributed by atoms with E-state index in [1.165, 1.54) is 45.6 Å². The van der Waals surface area contributed by atoms with E-state index in [-0.39, 0.29) is 5.69 Å². The van der Waals surface area contributed by atoms with Gasteiger partial charge in [-0.25, -0.2) is 12.8 Å². The van der Waals surface area contributed by atoms with Gasteiger partial charge in [-0.15, -0.1) is 0 Å². The molecule has 0 aliphatic heterocycles. The molecule has 0 saturated heterocycles. The molecule has 10 nitrogen and oxygen atoms in total. The van der Waals surface area contributed by atoms with Crippen molar-refractivity contribution in [1.82, 2.24) is 4.72 Å². The summed E-state index contributed by atoms with van der Waals surface area (Å²) in [6.07, 6.45) is 0. The summed E-state index contributed by atoms with van der Waals surface area (Å²) in [6, 6.07) is 6.39. The quantitative estimate of drug-likeness (QED) is 0.452. The van der Waals surface area contributed by atoms with Gasteiger partial charge in [0.2, 0.25) is 15.8 Å². The first kappa shape index (κ1) is 26.9. The summed E-state index contributed by atoms with van der Waals surface area (Å²) in [4.78, 5) is 24.3. The van der Waals surface area contributed by atoms with Crippen LogP contribution in [0.1, 0.15) is 13.8 Å². The molecule has 0 saturated carbocycles. The number of sulfonamides is 1. The fourth-order valence-corrected chi connectivity index (χ4v) is 4.34. The Morgan fingerprint density at radius 1 is 1.00 bits per heavy atom. The minimum Gasteiger partial charge on any atom is -0.493 e. The highest BCUT2D eigenvalue weighted by Crippen LogP contribution is 2.39. The number of ether oxygens (including phenoxy) is 4. The maximum Gasteiger partial charge on any atom is 0.324 e. The van der Waals surface area contributed by atoms with Gasteiger partial charge >= 0.3 is 5.97 Å². The molecule has 186 valence electrons. The predicted molar refractivity (Wildman–Crippen MR) is 121 cm³/mol. The zero-order valence-corrected chi connectivity index (χ0v) is 20.2. The second-order valence-electron chi connectivity index (χ2n) is 7.34. The van der Waals surface area contributed by atoms with Gasteiger partial charge in [-0.2, -0.15) is 4.72 Å². The maximum absolute atomic E-state index is 13.9. The first-order chi connectivity index (χ1) is 16.0. The van der Waals surface area contributed by atoms with Crippen LogP contribution in [-0.4, -0.2) is 54.3 Å². The average Bonchev–Trinajstić information content (AvgIpc) is 2.80. The lowest BCUT2D eigenvalue weighted by molar-refractivity contribution is -0.150. The van der Waals surface area contributed by atoms with Crippen LogP contribution >= 0.6 is 0 Å². The summed E-state index contributed by atoms with van der Waals surface area (Å²) in [7, 11) is -0.0897. The molecule has 0 bridgehead atoms. The van der Waals surface area contributed by atoms with E-state index in [4.69, 9.17) is 18.9 Å². The van der Waals surface area contributed by atoms with Gasteiger partial charge in [0, 0.05) is 17.8 Å². The number of rotatable bonds is 11. The average molecular weight is 499 g/mol. The van der Waals surface area contributed by atoms with E-state index < -0.39 is 51.2 Å². The standard InChI is InChI=1S/C22H27FN2O8S/c1-13(2)20(25-34(28,29)18-9-7-6-8-15(18)23)22(27)33-12-19(26)24-14-10-16(30-3)21(32-5)17(11-14)31-4/h6-11,13,20,25H,12H2,1-5H3,(H,24,26)/t20-/m0/s1. The van der Waals surface area contributed by atoms with Gasteiger partial charge < -0.3 is 24.3 Å². The lowest BCUT2D eigenvalue weighted by Gasteiger charge is -2.21. The van der Waals surface area contributed by atoms with E-state index in [2.05, 4.69) is 10.0 Å². The molecule has 0 heterocycles. The van der Waals surface area contributed by atoms with E-state index in [1.54, 1.807) is 13.8 Å². The van der Waals surface area contributed by atoms with Crippen molar-refractivity contribution in [2.24, 2.45) is 5.92 Å². The molecule has 1 atom stereocenters. The number of carbonyl (C=O) groups is 2. The van der Waals surface area contributed by atoms with Crippen molar-refractivity contribution in [3.8, 4) is 17.2 Å². The van der Waals surface area contributed by atoms with Crippen molar-refractivity contribution in [1.29, 1.82) is 0 Å². The lowest BCUT2D eigenvalue weighted by atomic mass is 10.1. The second-order valence-corrected chi connectivity index (χ2v) is 9.03. The predicted octanol–water partition coefficient (Wildman–Crippen LogP) is 2.34. The van der Waals surface area contributed by atoms with Crippen molar-refractivity contribution < 1.29 is 41.3 Å². The van der Waals surface area contributed by atoms with Crippen LogP contribution in [-0.2, 0) is 24.3 Å². The van der Waals surface area contributed by atoms with E-state index in [0.717, 1.165) is 12.1 Å². The molecule has 0 fully saturated rings. The first-order valence-corrected chi connectivity index (χ1v) is 11.6. The Morgan fingerprint density at radius 3 is 2.09 bits per heavy atom. The van der Waals surface area contributed by atoms with Crippen LogP contribution in [0.15, 0.2) is 41.3 Å². The molecule has 0 unspecified atom stereocenters. The van der Waals surface area contributed by atoms with Gasteiger partial charge in [0.1, 0.15) is 16.8 Å². The summed E-state index contributed by atoms with van der Waals surface area (Å²) in [6.45, 7) is 2.46. The molecule has 2 N–H and O–H groups in total. The number of carbonyl (C=O) groups excluding carboxylic acids is 2. The van der Waals surface area contributed by atoms with Crippen molar-refractivity contribution in [3.05, 3.63) is 42.2 Å². The fraction of sp³-hybridized carbons (Fsp3) is 0.364. The Labute approximate surface area is 197 Å². The largest absolute Gasteiger partial charge is 0.493 e. The van der Waals surface area contributed by atoms with Gasteiger partial charge in [0.25, 0.3) is 5.91 Å². The number of esters is 1. The van der Waals surface area contributed by atoms with Gasteiger partial charge in [-0.1, -0.05) is 26.0 Å². The summed E-state index contributed by atoms with van der Waals surface area (Å²) in [5.41, 5.74) is 0.288. The Hall–Kier alpha value is -3.38. The van der Waals surface area contributed by atoms with Crippen molar-refractivity contribution >= 4 is 27.6 Å². The van der Waals surface area contributed by atoms with Crippen molar-refractivity contribution in [2.45, 2.75) is 24.8 Å². The zero-order chi connectivity index (χ0) is 25.5. The summed E-state index contributed by atoms with van der Waals surface area (Å²) >= 11 is 0. The maximum atomic E-state index is 13.9. The molecule has 2 aromatic rings. The number of halogens is 1. The van der Waals surface area contributed by atoms with Crippen LogP contribution in [0.2, 0.25) is 0 Å². The summed E-state index contributed by atoms with van der Waals surface area (Å²) < 4.78 is 61.8. The third-order valence-electron chi connectivity index (χ3n) is 4.62.